The van der Waals surface area contributed by atoms with Crippen LogP contribution < -0.4 is 4.31 Å². The second-order valence-electron chi connectivity index (χ2n) is 7.95. The zero-order valence-electron chi connectivity index (χ0n) is 16.7. The van der Waals surface area contributed by atoms with Crippen LogP contribution in [0.1, 0.15) is 31.9 Å². The highest BCUT2D eigenvalue weighted by molar-refractivity contribution is 7.92. The van der Waals surface area contributed by atoms with Gasteiger partial charge in [0.2, 0.25) is 0 Å². The van der Waals surface area contributed by atoms with Crippen LogP contribution in [0.4, 0.5) is 11.5 Å². The largest absolute Gasteiger partial charge is 0.478 e. The van der Waals surface area contributed by atoms with E-state index in [9.17, 15) is 28.4 Å². The number of carboxylic acid groups (broad SMARTS) is 1. The molecule has 0 aliphatic carbocycles. The molecule has 0 saturated heterocycles. The molecule has 9 nitrogen and oxygen atoms in total. The Morgan fingerprint density at radius 3 is 2.60 bits per heavy atom. The highest BCUT2D eigenvalue weighted by Crippen LogP contribution is 2.34. The summed E-state index contributed by atoms with van der Waals surface area (Å²) in [5, 5.41) is 20.5. The predicted molar refractivity (Wildman–Crippen MR) is 111 cm³/mol. The average molecular weight is 431 g/mol. The van der Waals surface area contributed by atoms with Crippen LogP contribution in [0, 0.1) is 15.5 Å². The van der Waals surface area contributed by atoms with Crippen molar-refractivity contribution in [1.29, 1.82) is 0 Å². The van der Waals surface area contributed by atoms with Gasteiger partial charge in [-0.15, -0.1) is 0 Å². The van der Waals surface area contributed by atoms with Gasteiger partial charge in [-0.25, -0.2) is 22.5 Å². The van der Waals surface area contributed by atoms with Crippen molar-refractivity contribution < 1.29 is 23.2 Å². The Kier molecular flexibility index (Phi) is 5.38. The minimum absolute atomic E-state index is 0.144. The molecule has 1 aliphatic heterocycles. The first kappa shape index (κ1) is 21.4. The van der Waals surface area contributed by atoms with Gasteiger partial charge in [0.05, 0.1) is 9.82 Å². The van der Waals surface area contributed by atoms with Crippen LogP contribution in [0.3, 0.4) is 0 Å². The maximum atomic E-state index is 13.0. The fourth-order valence-corrected chi connectivity index (χ4v) is 4.72. The summed E-state index contributed by atoms with van der Waals surface area (Å²) in [4.78, 5) is 26.0. The van der Waals surface area contributed by atoms with Crippen LogP contribution in [0.5, 0.6) is 0 Å². The number of nitro benzene ring substituents is 1. The third-order valence-electron chi connectivity index (χ3n) is 4.75. The SMILES string of the molecule is CC(C)(C)/C(=C\c1cnc2c(c1)CCN2S(=O)(=O)c1cccc([N+](=O)[O-])c1)C(=O)O. The van der Waals surface area contributed by atoms with Gasteiger partial charge >= 0.3 is 5.97 Å². The van der Waals surface area contributed by atoms with Gasteiger partial charge in [-0.1, -0.05) is 26.8 Å². The van der Waals surface area contributed by atoms with Gasteiger partial charge in [0, 0.05) is 30.4 Å². The molecule has 0 saturated carbocycles. The first-order chi connectivity index (χ1) is 13.9. The number of non-ortho nitro benzene ring substituents is 1. The predicted octanol–water partition coefficient (Wildman–Crippen LogP) is 3.26. The molecule has 2 aromatic rings. The molecule has 0 fully saturated rings. The lowest BCUT2D eigenvalue weighted by Gasteiger charge is -2.20. The minimum Gasteiger partial charge on any atom is -0.478 e. The van der Waals surface area contributed by atoms with Crippen molar-refractivity contribution in [2.45, 2.75) is 32.1 Å². The van der Waals surface area contributed by atoms with E-state index in [2.05, 4.69) is 4.98 Å². The van der Waals surface area contributed by atoms with E-state index in [1.807, 2.05) is 0 Å². The third-order valence-corrected chi connectivity index (χ3v) is 6.54. The number of carboxylic acids is 1. The quantitative estimate of drug-likeness (QED) is 0.437. The minimum atomic E-state index is -4.02. The first-order valence-electron chi connectivity index (χ1n) is 9.13. The van der Waals surface area contributed by atoms with E-state index in [0.29, 0.717) is 17.5 Å². The van der Waals surface area contributed by atoms with Crippen molar-refractivity contribution in [3.63, 3.8) is 0 Å². The number of aromatic nitrogens is 1. The van der Waals surface area contributed by atoms with Gasteiger partial charge in [0.25, 0.3) is 15.7 Å². The molecule has 2 heterocycles. The molecule has 158 valence electrons. The number of carbonyl (C=O) groups is 1. The zero-order valence-corrected chi connectivity index (χ0v) is 17.5. The molecule has 0 radical (unpaired) electrons. The van der Waals surface area contributed by atoms with Crippen molar-refractivity contribution >= 4 is 33.6 Å². The zero-order chi connectivity index (χ0) is 22.3. The van der Waals surface area contributed by atoms with Gasteiger partial charge in [-0.3, -0.25) is 10.1 Å². The Morgan fingerprint density at radius 2 is 2.00 bits per heavy atom. The molecule has 30 heavy (non-hydrogen) atoms. The lowest BCUT2D eigenvalue weighted by atomic mass is 9.85. The molecule has 0 unspecified atom stereocenters. The molecular weight excluding hydrogens is 410 g/mol. The average Bonchev–Trinajstić information content (AvgIpc) is 3.09. The van der Waals surface area contributed by atoms with E-state index in [0.717, 1.165) is 10.4 Å². The van der Waals surface area contributed by atoms with E-state index >= 15 is 0 Å². The second-order valence-corrected chi connectivity index (χ2v) is 9.81. The summed E-state index contributed by atoms with van der Waals surface area (Å²) >= 11 is 0. The highest BCUT2D eigenvalue weighted by Gasteiger charge is 2.33. The number of nitrogens with zero attached hydrogens (tertiary/aromatic N) is 3. The van der Waals surface area contributed by atoms with E-state index < -0.39 is 26.3 Å². The number of aliphatic carboxylic acids is 1. The van der Waals surface area contributed by atoms with E-state index in [4.69, 9.17) is 0 Å². The maximum absolute atomic E-state index is 13.0. The Hall–Kier alpha value is -3.27. The molecule has 3 rings (SSSR count). The Balaban J connectivity index is 1.99. The van der Waals surface area contributed by atoms with Crippen molar-refractivity contribution in [3.8, 4) is 0 Å². The Bertz CT molecular complexity index is 1170. The maximum Gasteiger partial charge on any atom is 0.332 e. The summed E-state index contributed by atoms with van der Waals surface area (Å²) in [5.41, 5.74) is 0.546. The summed E-state index contributed by atoms with van der Waals surface area (Å²) < 4.78 is 27.2. The summed E-state index contributed by atoms with van der Waals surface area (Å²) in [5.74, 6) is -0.788. The van der Waals surface area contributed by atoms with Gasteiger partial charge in [-0.2, -0.15) is 0 Å². The summed E-state index contributed by atoms with van der Waals surface area (Å²) in [6.45, 7) is 5.52. The fourth-order valence-electron chi connectivity index (χ4n) is 3.22. The number of nitro groups is 1. The van der Waals surface area contributed by atoms with Crippen LogP contribution >= 0.6 is 0 Å². The summed E-state index contributed by atoms with van der Waals surface area (Å²) in [6, 6.07) is 6.60. The van der Waals surface area contributed by atoms with Crippen molar-refractivity contribution in [1.82, 2.24) is 4.98 Å². The number of hydrogen-bond acceptors (Lipinski definition) is 6. The van der Waals surface area contributed by atoms with Gasteiger partial charge in [0.1, 0.15) is 5.82 Å². The molecule has 1 aliphatic rings. The fraction of sp³-hybridized carbons (Fsp3) is 0.300. The van der Waals surface area contributed by atoms with Gasteiger partial charge in [-0.05, 0) is 41.2 Å². The van der Waals surface area contributed by atoms with Gasteiger partial charge < -0.3 is 5.11 Å². The molecule has 10 heteroatoms. The van der Waals surface area contributed by atoms with Crippen LogP contribution in [-0.4, -0.2) is 35.9 Å². The van der Waals surface area contributed by atoms with Crippen LogP contribution in [-0.2, 0) is 21.2 Å². The molecule has 1 N–H and O–H groups in total. The normalized spacial score (nSPS) is 14.5. The number of sulfonamides is 1. The van der Waals surface area contributed by atoms with E-state index in [-0.39, 0.29) is 28.5 Å². The topological polar surface area (TPSA) is 131 Å². The smallest absolute Gasteiger partial charge is 0.332 e. The number of rotatable bonds is 5. The lowest BCUT2D eigenvalue weighted by molar-refractivity contribution is -0.385. The van der Waals surface area contributed by atoms with Crippen molar-refractivity contribution in [2.24, 2.45) is 5.41 Å². The molecule has 0 bridgehead atoms. The van der Waals surface area contributed by atoms with Crippen molar-refractivity contribution in [3.05, 3.63) is 63.3 Å². The highest BCUT2D eigenvalue weighted by atomic mass is 32.2. The van der Waals surface area contributed by atoms with E-state index in [1.54, 1.807) is 26.8 Å². The lowest BCUT2D eigenvalue weighted by Crippen LogP contribution is -2.29. The molecule has 0 amide bonds. The number of pyridine rings is 1. The van der Waals surface area contributed by atoms with Crippen LogP contribution in [0.25, 0.3) is 6.08 Å². The monoisotopic (exact) mass is 431 g/mol. The van der Waals surface area contributed by atoms with Gasteiger partial charge in [0.15, 0.2) is 0 Å². The number of hydrogen-bond donors (Lipinski definition) is 1. The first-order valence-corrected chi connectivity index (χ1v) is 10.6. The van der Waals surface area contributed by atoms with E-state index in [1.165, 1.54) is 30.5 Å². The number of benzene rings is 1. The summed E-state index contributed by atoms with van der Waals surface area (Å²) in [6.07, 6.45) is 3.36. The number of anilines is 1. The molecule has 0 atom stereocenters. The van der Waals surface area contributed by atoms with Crippen molar-refractivity contribution in [2.75, 3.05) is 10.8 Å². The third kappa shape index (κ3) is 4.04. The van der Waals surface area contributed by atoms with Crippen LogP contribution in [0.2, 0.25) is 0 Å². The standard InChI is InChI=1S/C20H21N3O6S/c1-20(2,3)17(19(24)25)10-13-9-14-7-8-22(18(14)21-12-13)30(28,29)16-6-4-5-15(11-16)23(26)27/h4-6,9-12H,7-8H2,1-3H3,(H,24,25)/b17-10-. The van der Waals surface area contributed by atoms with Crippen LogP contribution in [0.15, 0.2) is 47.0 Å². The summed E-state index contributed by atoms with van der Waals surface area (Å²) in [7, 11) is -4.02. The number of fused-ring (bicyclic) bond motifs is 1. The molecular formula is C20H21N3O6S. The molecule has 1 aromatic heterocycles. The Labute approximate surface area is 173 Å². The molecule has 0 spiro atoms. The second kappa shape index (κ2) is 7.52. The molecule has 1 aromatic carbocycles. The Morgan fingerprint density at radius 1 is 1.30 bits per heavy atom.